The number of piperazine rings is 1. The van der Waals surface area contributed by atoms with E-state index in [9.17, 15) is 18.0 Å². The Morgan fingerprint density at radius 2 is 1.91 bits per heavy atom. The Kier molecular flexibility index (Phi) is 5.37. The Morgan fingerprint density at radius 1 is 1.21 bits per heavy atom. The molecule has 4 rings (SSSR count). The van der Waals surface area contributed by atoms with Crippen molar-refractivity contribution in [2.45, 2.75) is 31.2 Å². The van der Waals surface area contributed by atoms with Gasteiger partial charge >= 0.3 is 0 Å². The summed E-state index contributed by atoms with van der Waals surface area (Å²) >= 11 is 6.35. The standard InChI is InChI=1S/C21H23ClN6O4S/c1-12(29)27-8-7-26(20(30)21(27,2)3)16-9-13(5-6-17(16)33(4,31)32)15-10-14(22)18-19(23)24-11-25-28(15)18/h5-6,9-11H,7-8H2,1-4H3,(H2,23,24,25). The van der Waals surface area contributed by atoms with E-state index >= 15 is 0 Å². The molecule has 33 heavy (non-hydrogen) atoms. The summed E-state index contributed by atoms with van der Waals surface area (Å²) in [6.45, 7) is 5.12. The number of sulfone groups is 1. The molecule has 10 nitrogen and oxygen atoms in total. The number of nitrogen functional groups attached to an aromatic ring is 1. The van der Waals surface area contributed by atoms with Gasteiger partial charge in [0.25, 0.3) is 5.91 Å². The van der Waals surface area contributed by atoms with Crippen LogP contribution in [0.3, 0.4) is 0 Å². The van der Waals surface area contributed by atoms with Crippen molar-refractivity contribution in [3.63, 3.8) is 0 Å². The number of fused-ring (bicyclic) bond motifs is 1. The highest BCUT2D eigenvalue weighted by Gasteiger charge is 2.44. The van der Waals surface area contributed by atoms with Crippen molar-refractivity contribution >= 4 is 50.3 Å². The lowest BCUT2D eigenvalue weighted by atomic mass is 9.96. The average molecular weight is 491 g/mol. The number of nitrogens with zero attached hydrogens (tertiary/aromatic N) is 5. The number of halogens is 1. The Labute approximate surface area is 195 Å². The molecule has 1 aliphatic heterocycles. The first-order valence-electron chi connectivity index (χ1n) is 10.1. The molecule has 174 valence electrons. The lowest BCUT2D eigenvalue weighted by Gasteiger charge is -2.45. The van der Waals surface area contributed by atoms with Crippen molar-refractivity contribution in [3.8, 4) is 11.3 Å². The van der Waals surface area contributed by atoms with E-state index in [1.165, 1.54) is 33.6 Å². The maximum atomic E-state index is 13.4. The van der Waals surface area contributed by atoms with Crippen LogP contribution >= 0.6 is 11.6 Å². The van der Waals surface area contributed by atoms with Crippen LogP contribution in [-0.4, -0.2) is 64.6 Å². The molecular weight excluding hydrogens is 468 g/mol. The number of rotatable bonds is 3. The first-order valence-corrected chi connectivity index (χ1v) is 12.3. The first-order chi connectivity index (χ1) is 15.3. The maximum absolute atomic E-state index is 13.4. The lowest BCUT2D eigenvalue weighted by molar-refractivity contribution is -0.145. The Bertz CT molecular complexity index is 1420. The second-order valence-electron chi connectivity index (χ2n) is 8.42. The van der Waals surface area contributed by atoms with E-state index in [4.69, 9.17) is 17.3 Å². The van der Waals surface area contributed by atoms with E-state index in [1.54, 1.807) is 32.0 Å². The van der Waals surface area contributed by atoms with Gasteiger partial charge in [-0.2, -0.15) is 5.10 Å². The molecular formula is C21H23ClN6O4S. The smallest absolute Gasteiger partial charge is 0.252 e. The van der Waals surface area contributed by atoms with Crippen LogP contribution in [0.1, 0.15) is 20.8 Å². The number of carbonyl (C=O) groups excluding carboxylic acids is 2. The van der Waals surface area contributed by atoms with Gasteiger partial charge in [0.15, 0.2) is 15.7 Å². The zero-order chi connectivity index (χ0) is 24.3. The van der Waals surface area contributed by atoms with Gasteiger partial charge in [-0.05, 0) is 32.0 Å². The third kappa shape index (κ3) is 3.70. The van der Waals surface area contributed by atoms with Gasteiger partial charge in [0.1, 0.15) is 17.4 Å². The van der Waals surface area contributed by atoms with Gasteiger partial charge in [-0.1, -0.05) is 17.7 Å². The molecule has 2 amide bonds. The molecule has 0 saturated carbocycles. The molecule has 3 heterocycles. The van der Waals surface area contributed by atoms with Crippen molar-refractivity contribution in [1.82, 2.24) is 19.5 Å². The molecule has 1 aromatic carbocycles. The quantitative estimate of drug-likeness (QED) is 0.594. The normalized spacial score (nSPS) is 16.5. The SMILES string of the molecule is CC(=O)N1CCN(c2cc(-c3cc(Cl)c4c(N)ncnn34)ccc2S(C)(=O)=O)C(=O)C1(C)C. The summed E-state index contributed by atoms with van der Waals surface area (Å²) in [5, 5.41) is 4.56. The Balaban J connectivity index is 1.91. The largest absolute Gasteiger partial charge is 0.382 e. The number of hydrogen-bond acceptors (Lipinski definition) is 7. The number of amides is 2. The average Bonchev–Trinajstić information content (AvgIpc) is 3.06. The fraction of sp³-hybridized carbons (Fsp3) is 0.333. The van der Waals surface area contributed by atoms with Crippen LogP contribution in [0.2, 0.25) is 5.02 Å². The van der Waals surface area contributed by atoms with E-state index in [-0.39, 0.29) is 41.3 Å². The summed E-state index contributed by atoms with van der Waals surface area (Å²) in [5.41, 5.74) is 6.59. The maximum Gasteiger partial charge on any atom is 0.252 e. The fourth-order valence-electron chi connectivity index (χ4n) is 4.24. The summed E-state index contributed by atoms with van der Waals surface area (Å²) in [6, 6.07) is 6.35. The van der Waals surface area contributed by atoms with Gasteiger partial charge in [-0.3, -0.25) is 9.59 Å². The van der Waals surface area contributed by atoms with Crippen LogP contribution in [0.15, 0.2) is 35.5 Å². The summed E-state index contributed by atoms with van der Waals surface area (Å²) < 4.78 is 26.7. The monoisotopic (exact) mass is 490 g/mol. The predicted octanol–water partition coefficient (Wildman–Crippen LogP) is 2.01. The number of aromatic nitrogens is 3. The highest BCUT2D eigenvalue weighted by molar-refractivity contribution is 7.90. The molecule has 2 aromatic heterocycles. The van der Waals surface area contributed by atoms with E-state index < -0.39 is 15.4 Å². The molecule has 0 bridgehead atoms. The van der Waals surface area contributed by atoms with Crippen molar-refractivity contribution in [2.75, 3.05) is 30.0 Å². The first kappa shape index (κ1) is 23.0. The van der Waals surface area contributed by atoms with Crippen LogP contribution in [0.4, 0.5) is 11.5 Å². The number of benzene rings is 1. The summed E-state index contributed by atoms with van der Waals surface area (Å²) in [6.07, 6.45) is 2.38. The highest BCUT2D eigenvalue weighted by atomic mass is 35.5. The summed E-state index contributed by atoms with van der Waals surface area (Å²) in [4.78, 5) is 32.3. The van der Waals surface area contributed by atoms with Crippen molar-refractivity contribution in [2.24, 2.45) is 0 Å². The van der Waals surface area contributed by atoms with Crippen molar-refractivity contribution in [3.05, 3.63) is 35.6 Å². The van der Waals surface area contributed by atoms with Gasteiger partial charge in [0.05, 0.1) is 21.3 Å². The minimum Gasteiger partial charge on any atom is -0.382 e. The summed E-state index contributed by atoms with van der Waals surface area (Å²) in [7, 11) is -3.67. The van der Waals surface area contributed by atoms with E-state index in [2.05, 4.69) is 10.1 Å². The molecule has 1 saturated heterocycles. The van der Waals surface area contributed by atoms with Gasteiger partial charge < -0.3 is 15.5 Å². The van der Waals surface area contributed by atoms with Crippen LogP contribution in [0, 0.1) is 0 Å². The number of nitrogens with two attached hydrogens (primary N) is 1. The Hall–Kier alpha value is -3.18. The van der Waals surface area contributed by atoms with Crippen molar-refractivity contribution < 1.29 is 18.0 Å². The van der Waals surface area contributed by atoms with E-state index in [1.807, 2.05) is 0 Å². The molecule has 0 atom stereocenters. The molecule has 12 heteroatoms. The second-order valence-corrected chi connectivity index (χ2v) is 10.8. The molecule has 2 N–H and O–H groups in total. The summed E-state index contributed by atoms with van der Waals surface area (Å²) in [5.74, 6) is -0.404. The molecule has 0 aliphatic carbocycles. The topological polar surface area (TPSA) is 131 Å². The minimum atomic E-state index is -3.67. The highest BCUT2D eigenvalue weighted by Crippen LogP contribution is 2.37. The second kappa shape index (κ2) is 7.70. The van der Waals surface area contributed by atoms with Gasteiger partial charge in [0, 0.05) is 31.8 Å². The molecule has 1 aliphatic rings. The van der Waals surface area contributed by atoms with Crippen molar-refractivity contribution in [1.29, 1.82) is 0 Å². The Morgan fingerprint density at radius 3 is 2.55 bits per heavy atom. The van der Waals surface area contributed by atoms with Gasteiger partial charge in [-0.15, -0.1) is 0 Å². The van der Waals surface area contributed by atoms with Crippen LogP contribution in [0.25, 0.3) is 16.8 Å². The van der Waals surface area contributed by atoms with Crippen LogP contribution in [-0.2, 0) is 19.4 Å². The zero-order valence-electron chi connectivity index (χ0n) is 18.5. The van der Waals surface area contributed by atoms with Gasteiger partial charge in [0.2, 0.25) is 5.91 Å². The van der Waals surface area contributed by atoms with Gasteiger partial charge in [-0.25, -0.2) is 17.9 Å². The molecule has 3 aromatic rings. The molecule has 1 fully saturated rings. The van der Waals surface area contributed by atoms with E-state index in [0.29, 0.717) is 21.8 Å². The third-order valence-corrected chi connectivity index (χ3v) is 7.28. The zero-order valence-corrected chi connectivity index (χ0v) is 20.1. The number of carbonyl (C=O) groups is 2. The molecule has 0 spiro atoms. The number of hydrogen-bond donors (Lipinski definition) is 1. The lowest BCUT2D eigenvalue weighted by Crippen LogP contribution is -2.64. The van der Waals surface area contributed by atoms with Crippen LogP contribution in [0.5, 0.6) is 0 Å². The molecule has 0 radical (unpaired) electrons. The third-order valence-electron chi connectivity index (χ3n) is 5.85. The fourth-order valence-corrected chi connectivity index (χ4v) is 5.38. The number of anilines is 2. The predicted molar refractivity (Wildman–Crippen MR) is 125 cm³/mol. The molecule has 0 unspecified atom stereocenters. The minimum absolute atomic E-state index is 0.00720. The van der Waals surface area contributed by atoms with Crippen LogP contribution < -0.4 is 10.6 Å². The van der Waals surface area contributed by atoms with E-state index in [0.717, 1.165) is 6.26 Å².